The highest BCUT2D eigenvalue weighted by Gasteiger charge is 2.64. The molecule has 8 nitrogen and oxygen atoms in total. The van der Waals surface area contributed by atoms with Crippen molar-refractivity contribution in [3.63, 3.8) is 0 Å². The summed E-state index contributed by atoms with van der Waals surface area (Å²) in [6.07, 6.45) is -1.43. The average Bonchev–Trinajstić information content (AvgIpc) is 2.27. The second-order valence-corrected chi connectivity index (χ2v) is 4.61. The van der Waals surface area contributed by atoms with Crippen molar-refractivity contribution in [3.05, 3.63) is 23.3 Å². The summed E-state index contributed by atoms with van der Waals surface area (Å²) in [5.41, 5.74) is -0.494. The number of nitrogens with zero attached hydrogens (tertiary/aromatic N) is 1. The molecule has 0 bridgehead atoms. The van der Waals surface area contributed by atoms with Gasteiger partial charge in [-0.2, -0.15) is 0 Å². The molecule has 0 aromatic heterocycles. The average molecular weight is 297 g/mol. The normalized spacial score (nSPS) is 37.3. The number of rotatable bonds is 0. The molecule has 3 unspecified atom stereocenters. The number of halogens is 1. The summed E-state index contributed by atoms with van der Waals surface area (Å²) in [5.74, 6) is -6.85. The van der Waals surface area contributed by atoms with Crippen LogP contribution in [0.15, 0.2) is 23.3 Å². The van der Waals surface area contributed by atoms with Crippen LogP contribution in [-0.2, 0) is 4.79 Å². The molecule has 0 radical (unpaired) electrons. The molecule has 0 spiro atoms. The fourth-order valence-electron chi connectivity index (χ4n) is 2.31. The smallest absolute Gasteiger partial charge is 0.332 e. The van der Waals surface area contributed by atoms with Crippen LogP contribution in [0.4, 0.5) is 0 Å². The third-order valence-electron chi connectivity index (χ3n) is 3.33. The number of hydroxylamine groups is 3. The van der Waals surface area contributed by atoms with Gasteiger partial charge in [0.25, 0.3) is 12.0 Å². The summed E-state index contributed by atoms with van der Waals surface area (Å²) >= 11 is 0. The van der Waals surface area contributed by atoms with Crippen LogP contribution in [0.25, 0.3) is 0 Å². The lowest BCUT2D eigenvalue weighted by Crippen LogP contribution is -2.68. The minimum absolute atomic E-state index is 0. The maximum atomic E-state index is 11.7. The standard InChI is InChI=1S/C10H13NO7.ClH/c1-11(18)8(14)6-4(12)2-3-5(13)7(6)10(16,17)9(11)15;/h2,7,9,15-18H,3H2,1H3,(H-,12,14);1H/p+1. The molecule has 19 heavy (non-hydrogen) atoms. The van der Waals surface area contributed by atoms with Crippen molar-refractivity contribution in [2.75, 3.05) is 7.05 Å². The highest BCUT2D eigenvalue weighted by Crippen LogP contribution is 2.44. The van der Waals surface area contributed by atoms with Crippen molar-refractivity contribution in [3.8, 4) is 0 Å². The Morgan fingerprint density at radius 3 is 2.42 bits per heavy atom. The number of carbonyl (C=O) groups is 1. The molecule has 0 saturated heterocycles. The van der Waals surface area contributed by atoms with Gasteiger partial charge in [-0.15, -0.1) is 12.4 Å². The summed E-state index contributed by atoms with van der Waals surface area (Å²) in [4.78, 5) is 11.7. The molecule has 0 saturated carbocycles. The SMILES string of the molecule is C[N+]1(O)C(O)=C2C(O)=CCC(=O)C2C(O)(O)C1O.Cl. The van der Waals surface area contributed by atoms with Crippen molar-refractivity contribution >= 4 is 18.2 Å². The van der Waals surface area contributed by atoms with E-state index in [9.17, 15) is 35.5 Å². The van der Waals surface area contributed by atoms with E-state index in [1.807, 2.05) is 0 Å². The molecule has 1 heterocycles. The fourth-order valence-corrected chi connectivity index (χ4v) is 2.31. The molecule has 0 fully saturated rings. The Morgan fingerprint density at radius 1 is 1.37 bits per heavy atom. The van der Waals surface area contributed by atoms with Crippen molar-refractivity contribution in [2.45, 2.75) is 18.4 Å². The van der Waals surface area contributed by atoms with Crippen LogP contribution >= 0.6 is 12.4 Å². The molecule has 6 N–H and O–H groups in total. The van der Waals surface area contributed by atoms with E-state index in [-0.39, 0.29) is 18.8 Å². The highest BCUT2D eigenvalue weighted by atomic mass is 35.5. The number of quaternary nitrogens is 1. The number of fused-ring (bicyclic) bond motifs is 1. The van der Waals surface area contributed by atoms with E-state index in [1.165, 1.54) is 0 Å². The molecular formula is C10H15ClNO7+. The third kappa shape index (κ3) is 1.93. The van der Waals surface area contributed by atoms with Crippen LogP contribution in [0.5, 0.6) is 0 Å². The first-order valence-corrected chi connectivity index (χ1v) is 5.19. The molecule has 9 heteroatoms. The predicted molar refractivity (Wildman–Crippen MR) is 61.9 cm³/mol. The maximum Gasteiger partial charge on any atom is 0.332 e. The number of aliphatic hydroxyl groups excluding tert-OH is 3. The Morgan fingerprint density at radius 2 is 1.89 bits per heavy atom. The van der Waals surface area contributed by atoms with Gasteiger partial charge >= 0.3 is 5.88 Å². The van der Waals surface area contributed by atoms with Crippen LogP contribution in [0.1, 0.15) is 6.42 Å². The van der Waals surface area contributed by atoms with Gasteiger partial charge in [-0.1, -0.05) is 4.65 Å². The Bertz CT molecular complexity index is 482. The van der Waals surface area contributed by atoms with E-state index in [2.05, 4.69) is 0 Å². The number of hydrogen-bond donors (Lipinski definition) is 6. The zero-order valence-corrected chi connectivity index (χ0v) is 10.7. The van der Waals surface area contributed by atoms with E-state index in [1.54, 1.807) is 0 Å². The summed E-state index contributed by atoms with van der Waals surface area (Å²) in [6, 6.07) is 0. The Labute approximate surface area is 114 Å². The molecule has 0 aromatic carbocycles. The van der Waals surface area contributed by atoms with E-state index in [0.29, 0.717) is 0 Å². The molecule has 3 atom stereocenters. The van der Waals surface area contributed by atoms with Gasteiger partial charge in [0, 0.05) is 6.42 Å². The second kappa shape index (κ2) is 4.44. The van der Waals surface area contributed by atoms with Gasteiger partial charge in [0.1, 0.15) is 24.3 Å². The summed E-state index contributed by atoms with van der Waals surface area (Å²) in [7, 11) is 0.886. The van der Waals surface area contributed by atoms with Crippen molar-refractivity contribution in [2.24, 2.45) is 5.92 Å². The summed E-state index contributed by atoms with van der Waals surface area (Å²) < 4.78 is -1.66. The first kappa shape index (κ1) is 15.9. The van der Waals surface area contributed by atoms with E-state index in [4.69, 9.17) is 0 Å². The fraction of sp³-hybridized carbons (Fsp3) is 0.500. The third-order valence-corrected chi connectivity index (χ3v) is 3.33. The Balaban J connectivity index is 0.00000180. The van der Waals surface area contributed by atoms with Gasteiger partial charge in [0.05, 0.1) is 0 Å². The van der Waals surface area contributed by atoms with Gasteiger partial charge in [0.2, 0.25) is 0 Å². The lowest BCUT2D eigenvalue weighted by atomic mass is 9.77. The number of aliphatic hydroxyl groups is 5. The van der Waals surface area contributed by atoms with Crippen LogP contribution < -0.4 is 0 Å². The van der Waals surface area contributed by atoms with E-state index >= 15 is 0 Å². The molecule has 1 aliphatic heterocycles. The quantitative estimate of drug-likeness (QED) is 0.250. The number of allylic oxidation sites excluding steroid dienone is 2. The van der Waals surface area contributed by atoms with Gasteiger partial charge in [0.15, 0.2) is 5.78 Å². The molecule has 1 aliphatic carbocycles. The van der Waals surface area contributed by atoms with Gasteiger partial charge in [-0.25, -0.2) is 5.21 Å². The van der Waals surface area contributed by atoms with Crippen molar-refractivity contribution in [1.29, 1.82) is 0 Å². The van der Waals surface area contributed by atoms with Crippen LogP contribution in [0.2, 0.25) is 0 Å². The number of hydrogen-bond acceptors (Lipinski definition) is 7. The Hall–Kier alpha value is -1.16. The first-order valence-electron chi connectivity index (χ1n) is 5.19. The lowest BCUT2D eigenvalue weighted by molar-refractivity contribution is -1.11. The van der Waals surface area contributed by atoms with Crippen LogP contribution in [-0.4, -0.2) is 60.2 Å². The maximum absolute atomic E-state index is 11.7. The number of carbonyl (C=O) groups excluding carboxylic acids is 1. The zero-order valence-electron chi connectivity index (χ0n) is 9.89. The lowest BCUT2D eigenvalue weighted by Gasteiger charge is -2.44. The number of likely N-dealkylation sites (N-methyl/N-ethyl adjacent to an activating group) is 1. The molecule has 2 aliphatic rings. The Kier molecular flexibility index (Phi) is 3.72. The minimum Gasteiger partial charge on any atom is -0.508 e. The molecule has 0 aromatic rings. The first-order chi connectivity index (χ1) is 8.11. The predicted octanol–water partition coefficient (Wildman–Crippen LogP) is -0.943. The minimum atomic E-state index is -3.00. The van der Waals surface area contributed by atoms with E-state index in [0.717, 1.165) is 13.1 Å². The monoisotopic (exact) mass is 296 g/mol. The van der Waals surface area contributed by atoms with E-state index < -0.39 is 45.6 Å². The highest BCUT2D eigenvalue weighted by molar-refractivity contribution is 5.89. The van der Waals surface area contributed by atoms with Crippen LogP contribution in [0, 0.1) is 5.92 Å². The molecule has 2 rings (SSSR count). The number of Topliss-reactive ketones (excluding diaryl/α,β-unsaturated/α-hetero) is 1. The summed E-state index contributed by atoms with van der Waals surface area (Å²) in [6.45, 7) is 0. The number of ketones is 1. The van der Waals surface area contributed by atoms with Gasteiger partial charge < -0.3 is 25.5 Å². The summed E-state index contributed by atoms with van der Waals surface area (Å²) in [5, 5.41) is 58.5. The van der Waals surface area contributed by atoms with Gasteiger partial charge in [-0.05, 0) is 6.08 Å². The zero-order chi connectivity index (χ0) is 13.9. The second-order valence-electron chi connectivity index (χ2n) is 4.61. The largest absolute Gasteiger partial charge is 0.508 e. The molecule has 0 amide bonds. The molecule has 108 valence electrons. The van der Waals surface area contributed by atoms with Gasteiger partial charge in [-0.3, -0.25) is 4.79 Å². The van der Waals surface area contributed by atoms with Crippen LogP contribution in [0.3, 0.4) is 0 Å². The van der Waals surface area contributed by atoms with Crippen molar-refractivity contribution < 1.29 is 40.2 Å². The van der Waals surface area contributed by atoms with Crippen molar-refractivity contribution in [1.82, 2.24) is 0 Å². The topological polar surface area (TPSA) is 138 Å². The molecular weight excluding hydrogens is 282 g/mol.